The third-order valence-corrected chi connectivity index (χ3v) is 2.20. The summed E-state index contributed by atoms with van der Waals surface area (Å²) in [7, 11) is 0. The molecule has 1 aromatic carbocycles. The molecular formula is C13H12F3O4. The second-order valence-corrected chi connectivity index (χ2v) is 3.80. The van der Waals surface area contributed by atoms with Crippen LogP contribution in [0.5, 0.6) is 11.5 Å². The van der Waals surface area contributed by atoms with Gasteiger partial charge in [-0.2, -0.15) is 0 Å². The molecule has 7 heteroatoms. The second kappa shape index (κ2) is 6.93. The van der Waals surface area contributed by atoms with Crippen LogP contribution in [0.3, 0.4) is 0 Å². The van der Waals surface area contributed by atoms with Crippen molar-refractivity contribution in [1.29, 1.82) is 0 Å². The summed E-state index contributed by atoms with van der Waals surface area (Å²) in [4.78, 5) is 22.2. The fourth-order valence-electron chi connectivity index (χ4n) is 1.35. The van der Waals surface area contributed by atoms with Crippen LogP contribution in [0, 0.1) is 6.92 Å². The number of ether oxygens (including phenoxy) is 2. The summed E-state index contributed by atoms with van der Waals surface area (Å²) in [6.07, 6.45) is -3.39. The molecule has 0 aliphatic carbocycles. The Morgan fingerprint density at radius 2 is 2.05 bits per heavy atom. The van der Waals surface area contributed by atoms with Gasteiger partial charge in [-0.1, -0.05) is 13.3 Å². The van der Waals surface area contributed by atoms with Gasteiger partial charge in [0.25, 0.3) is 0 Å². The van der Waals surface area contributed by atoms with Crippen LogP contribution in [-0.2, 0) is 4.79 Å². The first-order chi connectivity index (χ1) is 9.35. The van der Waals surface area contributed by atoms with Gasteiger partial charge < -0.3 is 9.47 Å². The summed E-state index contributed by atoms with van der Waals surface area (Å²) in [5.41, 5.74) is -0.199. The van der Waals surface area contributed by atoms with E-state index in [2.05, 4.69) is 11.7 Å². The van der Waals surface area contributed by atoms with Crippen molar-refractivity contribution in [3.8, 4) is 11.5 Å². The normalized spacial score (nSPS) is 11.0. The van der Waals surface area contributed by atoms with E-state index in [0.717, 1.165) is 18.2 Å². The molecule has 0 saturated carbocycles. The van der Waals surface area contributed by atoms with Crippen molar-refractivity contribution in [2.24, 2.45) is 0 Å². The van der Waals surface area contributed by atoms with Crippen molar-refractivity contribution in [1.82, 2.24) is 0 Å². The number of rotatable bonds is 6. The highest BCUT2D eigenvalue weighted by Gasteiger charge is 2.31. The number of esters is 1. The van der Waals surface area contributed by atoms with E-state index in [1.54, 1.807) is 0 Å². The maximum Gasteiger partial charge on any atom is 0.573 e. The summed E-state index contributed by atoms with van der Waals surface area (Å²) in [6, 6.07) is 2.89. The van der Waals surface area contributed by atoms with E-state index in [1.807, 2.05) is 0 Å². The van der Waals surface area contributed by atoms with Gasteiger partial charge in [-0.25, -0.2) is 0 Å². The number of hydrogen-bond donors (Lipinski definition) is 0. The highest BCUT2D eigenvalue weighted by Crippen LogP contribution is 2.27. The zero-order valence-corrected chi connectivity index (χ0v) is 10.4. The molecule has 20 heavy (non-hydrogen) atoms. The van der Waals surface area contributed by atoms with Crippen LogP contribution < -0.4 is 9.47 Å². The Morgan fingerprint density at radius 1 is 1.35 bits per heavy atom. The maximum absolute atomic E-state index is 12.0. The monoisotopic (exact) mass is 289 g/mol. The van der Waals surface area contributed by atoms with E-state index in [1.165, 1.54) is 0 Å². The molecule has 1 rings (SSSR count). The lowest BCUT2D eigenvalue weighted by Gasteiger charge is -2.11. The Morgan fingerprint density at radius 3 is 2.60 bits per heavy atom. The lowest BCUT2D eigenvalue weighted by atomic mass is 10.2. The van der Waals surface area contributed by atoms with Crippen LogP contribution >= 0.6 is 0 Å². The Hall–Kier alpha value is -2.05. The zero-order chi connectivity index (χ0) is 15.2. The zero-order valence-electron chi connectivity index (χ0n) is 10.4. The van der Waals surface area contributed by atoms with Gasteiger partial charge in [-0.05, 0) is 24.6 Å². The largest absolute Gasteiger partial charge is 0.573 e. The van der Waals surface area contributed by atoms with E-state index in [9.17, 15) is 22.8 Å². The van der Waals surface area contributed by atoms with E-state index in [4.69, 9.17) is 4.74 Å². The minimum atomic E-state index is -4.85. The van der Waals surface area contributed by atoms with E-state index in [0.29, 0.717) is 12.8 Å². The second-order valence-electron chi connectivity index (χ2n) is 3.80. The fourth-order valence-corrected chi connectivity index (χ4v) is 1.35. The summed E-state index contributed by atoms with van der Waals surface area (Å²) >= 11 is 0. The molecule has 0 aliphatic heterocycles. The molecule has 109 valence electrons. The number of hydrogen-bond acceptors (Lipinski definition) is 4. The minimum Gasteiger partial charge on any atom is -0.426 e. The molecule has 1 aromatic rings. The maximum atomic E-state index is 12.0. The molecule has 0 amide bonds. The van der Waals surface area contributed by atoms with Gasteiger partial charge in [0, 0.05) is 6.42 Å². The standard InChI is InChI=1S/C13H12F3O4/c1-2-3-4-12(18)19-11-6-5-10(7-9(11)8-17)20-13(14,15)16/h5-8H,1-4H2. The van der Waals surface area contributed by atoms with Gasteiger partial charge in [0.05, 0.1) is 5.56 Å². The van der Waals surface area contributed by atoms with Crippen molar-refractivity contribution in [3.63, 3.8) is 0 Å². The molecule has 4 nitrogen and oxygen atoms in total. The summed E-state index contributed by atoms with van der Waals surface area (Å²) < 4.78 is 44.6. The smallest absolute Gasteiger partial charge is 0.426 e. The fraction of sp³-hybridized carbons (Fsp3) is 0.308. The van der Waals surface area contributed by atoms with Gasteiger partial charge in [-0.3, -0.25) is 9.59 Å². The number of unbranched alkanes of at least 4 members (excludes halogenated alkanes) is 1. The molecule has 0 heterocycles. The average Bonchev–Trinajstić information content (AvgIpc) is 2.36. The number of benzene rings is 1. The van der Waals surface area contributed by atoms with Crippen LogP contribution in [-0.4, -0.2) is 18.6 Å². The van der Waals surface area contributed by atoms with Gasteiger partial charge in [-0.15, -0.1) is 13.2 Å². The predicted octanol–water partition coefficient (Wildman–Crippen LogP) is 3.31. The molecule has 1 radical (unpaired) electrons. The first-order valence-electron chi connectivity index (χ1n) is 5.70. The molecule has 0 spiro atoms. The van der Waals surface area contributed by atoms with Gasteiger partial charge >= 0.3 is 12.3 Å². The number of halogens is 3. The Bertz CT molecular complexity index is 483. The molecular weight excluding hydrogens is 277 g/mol. The summed E-state index contributed by atoms with van der Waals surface area (Å²) in [6.45, 7) is 3.56. The highest BCUT2D eigenvalue weighted by atomic mass is 19.4. The van der Waals surface area contributed by atoms with Crippen LogP contribution in [0.1, 0.15) is 29.6 Å². The molecule has 0 unspecified atom stereocenters. The van der Waals surface area contributed by atoms with Gasteiger partial charge in [0.15, 0.2) is 6.29 Å². The van der Waals surface area contributed by atoms with E-state index in [-0.39, 0.29) is 24.0 Å². The predicted molar refractivity (Wildman–Crippen MR) is 63.4 cm³/mol. The summed E-state index contributed by atoms with van der Waals surface area (Å²) in [5.74, 6) is -1.25. The van der Waals surface area contributed by atoms with Crippen molar-refractivity contribution < 1.29 is 32.2 Å². The minimum absolute atomic E-state index is 0.108. The van der Waals surface area contributed by atoms with Crippen molar-refractivity contribution >= 4 is 12.3 Å². The van der Waals surface area contributed by atoms with E-state index < -0.39 is 18.1 Å². The van der Waals surface area contributed by atoms with Crippen molar-refractivity contribution in [2.75, 3.05) is 0 Å². The number of alkyl halides is 3. The molecule has 0 aliphatic rings. The first-order valence-corrected chi connectivity index (χ1v) is 5.70. The Balaban J connectivity index is 2.83. The summed E-state index contributed by atoms with van der Waals surface area (Å²) in [5, 5.41) is 0. The molecule has 0 bridgehead atoms. The third kappa shape index (κ3) is 5.29. The van der Waals surface area contributed by atoms with E-state index >= 15 is 0 Å². The van der Waals surface area contributed by atoms with Crippen LogP contribution in [0.4, 0.5) is 13.2 Å². The first kappa shape index (κ1) is 16.0. The molecule has 0 saturated heterocycles. The van der Waals surface area contributed by atoms with Crippen LogP contribution in [0.25, 0.3) is 0 Å². The van der Waals surface area contributed by atoms with Crippen LogP contribution in [0.2, 0.25) is 0 Å². The van der Waals surface area contributed by atoms with Crippen molar-refractivity contribution in [3.05, 3.63) is 30.7 Å². The lowest BCUT2D eigenvalue weighted by molar-refractivity contribution is -0.274. The van der Waals surface area contributed by atoms with Crippen LogP contribution in [0.15, 0.2) is 18.2 Å². The van der Waals surface area contributed by atoms with Crippen molar-refractivity contribution in [2.45, 2.75) is 25.6 Å². The van der Waals surface area contributed by atoms with Gasteiger partial charge in [0.2, 0.25) is 0 Å². The molecule has 0 fully saturated rings. The lowest BCUT2D eigenvalue weighted by Crippen LogP contribution is -2.17. The average molecular weight is 289 g/mol. The SMILES string of the molecule is [CH2]CCCC(=O)Oc1ccc(OC(F)(F)F)cc1C=O. The highest BCUT2D eigenvalue weighted by molar-refractivity contribution is 5.83. The van der Waals surface area contributed by atoms with Gasteiger partial charge in [0.1, 0.15) is 11.5 Å². The topological polar surface area (TPSA) is 52.6 Å². The Kier molecular flexibility index (Phi) is 5.54. The number of carbonyl (C=O) groups is 2. The molecule has 0 atom stereocenters. The quantitative estimate of drug-likeness (QED) is 0.458. The molecule has 0 N–H and O–H groups in total. The third-order valence-electron chi connectivity index (χ3n) is 2.20. The number of aldehydes is 1. The molecule has 0 aromatic heterocycles. The number of carbonyl (C=O) groups excluding carboxylic acids is 2. The Labute approximate surface area is 113 Å².